The largest absolute Gasteiger partial charge is 0.489 e. The zero-order valence-electron chi connectivity index (χ0n) is 9.28. The Morgan fingerprint density at radius 3 is 1.89 bits per heavy atom. The van der Waals surface area contributed by atoms with E-state index in [9.17, 15) is 4.79 Å². The van der Waals surface area contributed by atoms with E-state index in [2.05, 4.69) is 20.7 Å². The molecular weight excluding hydrogens is 425 g/mol. The Bertz CT molecular complexity index is 479. The molecule has 0 heterocycles. The monoisotopic (exact) mass is 428 g/mol. The lowest BCUT2D eigenvalue weighted by Gasteiger charge is -2.15. The van der Waals surface area contributed by atoms with Crippen molar-refractivity contribution in [2.24, 2.45) is 0 Å². The Kier molecular flexibility index (Phi) is 6.84. The summed E-state index contributed by atoms with van der Waals surface area (Å²) >= 11 is 32.6. The van der Waals surface area contributed by atoms with Gasteiger partial charge in [-0.3, -0.25) is 4.79 Å². The van der Waals surface area contributed by atoms with Crippen molar-refractivity contribution in [2.75, 3.05) is 13.7 Å². The predicted octanol–water partition coefficient (Wildman–Crippen LogP) is 5.27. The van der Waals surface area contributed by atoms with Crippen LogP contribution in [-0.4, -0.2) is 24.5 Å². The van der Waals surface area contributed by atoms with Gasteiger partial charge in [0.2, 0.25) is 0 Å². The molecule has 0 fully saturated rings. The summed E-state index contributed by atoms with van der Waals surface area (Å²) in [4.78, 5) is 10.5. The van der Waals surface area contributed by atoms with Crippen LogP contribution < -0.4 is 4.74 Å². The molecule has 9 heteroatoms. The van der Waals surface area contributed by atoms with E-state index in [1.807, 2.05) is 0 Å². The van der Waals surface area contributed by atoms with Crippen LogP contribution in [-0.2, 0) is 9.53 Å². The average Bonchev–Trinajstić information content (AvgIpc) is 2.41. The van der Waals surface area contributed by atoms with Crippen LogP contribution in [0.1, 0.15) is 0 Å². The minimum Gasteiger partial charge on any atom is -0.489 e. The van der Waals surface area contributed by atoms with Gasteiger partial charge in [0.1, 0.15) is 21.5 Å². The second-order valence-electron chi connectivity index (χ2n) is 3.20. The molecule has 1 atom stereocenters. The van der Waals surface area contributed by atoms with Crippen LogP contribution in [0, 0.1) is 0 Å². The minimum atomic E-state index is -0.683. The highest BCUT2D eigenvalue weighted by Gasteiger charge is 2.23. The maximum absolute atomic E-state index is 11.2. The van der Waals surface area contributed by atoms with E-state index in [1.165, 1.54) is 7.11 Å². The van der Waals surface area contributed by atoms with Gasteiger partial charge in [-0.05, 0) is 0 Å². The summed E-state index contributed by atoms with van der Waals surface area (Å²) in [5.41, 5.74) is 0. The highest BCUT2D eigenvalue weighted by atomic mass is 79.9. The third kappa shape index (κ3) is 3.96. The van der Waals surface area contributed by atoms with E-state index in [0.717, 1.165) is 0 Å². The van der Waals surface area contributed by atoms with Crippen LogP contribution in [0.5, 0.6) is 5.75 Å². The van der Waals surface area contributed by atoms with Gasteiger partial charge in [-0.1, -0.05) is 73.9 Å². The van der Waals surface area contributed by atoms with Gasteiger partial charge in [-0.25, -0.2) is 0 Å². The van der Waals surface area contributed by atoms with Crippen molar-refractivity contribution in [3.05, 3.63) is 25.1 Å². The van der Waals surface area contributed by atoms with Gasteiger partial charge in [-0.15, -0.1) is 0 Å². The third-order valence-corrected chi connectivity index (χ3v) is 4.88. The SMILES string of the molecule is COC(=O)C(Br)COc1c(Cl)c(Cl)c(Cl)c(Cl)c1Cl. The summed E-state index contributed by atoms with van der Waals surface area (Å²) in [6.45, 7) is -0.0690. The van der Waals surface area contributed by atoms with Gasteiger partial charge in [0.05, 0.1) is 22.2 Å². The van der Waals surface area contributed by atoms with Crippen LogP contribution in [0.4, 0.5) is 0 Å². The fraction of sp³-hybridized carbons (Fsp3) is 0.300. The summed E-state index contributed by atoms with van der Waals surface area (Å²) in [7, 11) is 1.26. The highest BCUT2D eigenvalue weighted by molar-refractivity contribution is 9.10. The fourth-order valence-electron chi connectivity index (χ4n) is 1.06. The molecule has 1 aromatic carbocycles. The van der Waals surface area contributed by atoms with Gasteiger partial charge < -0.3 is 9.47 Å². The number of halogens is 6. The summed E-state index contributed by atoms with van der Waals surface area (Å²) < 4.78 is 9.85. The van der Waals surface area contributed by atoms with E-state index < -0.39 is 10.8 Å². The molecule has 0 amide bonds. The average molecular weight is 431 g/mol. The number of benzene rings is 1. The number of rotatable bonds is 4. The molecule has 1 rings (SSSR count). The summed E-state index contributed by atoms with van der Waals surface area (Å²) in [6.07, 6.45) is 0. The van der Waals surface area contributed by atoms with E-state index in [4.69, 9.17) is 62.7 Å². The zero-order chi connectivity index (χ0) is 14.7. The number of hydrogen-bond donors (Lipinski definition) is 0. The fourth-order valence-corrected chi connectivity index (χ4v) is 2.61. The minimum absolute atomic E-state index is 0.0191. The molecule has 0 N–H and O–H groups in total. The van der Waals surface area contributed by atoms with E-state index in [0.29, 0.717) is 0 Å². The summed E-state index contributed by atoms with van der Waals surface area (Å²) in [5, 5.41) is 0.124. The molecule has 1 unspecified atom stereocenters. The zero-order valence-corrected chi connectivity index (χ0v) is 14.6. The lowest BCUT2D eigenvalue weighted by Crippen LogP contribution is -2.23. The van der Waals surface area contributed by atoms with Crippen LogP contribution in [0.3, 0.4) is 0 Å². The van der Waals surface area contributed by atoms with Crippen LogP contribution >= 0.6 is 73.9 Å². The Labute approximate surface area is 143 Å². The van der Waals surface area contributed by atoms with Crippen LogP contribution in [0.2, 0.25) is 25.1 Å². The van der Waals surface area contributed by atoms with E-state index in [1.54, 1.807) is 0 Å². The predicted molar refractivity (Wildman–Crippen MR) is 81.7 cm³/mol. The molecule has 0 radical (unpaired) electrons. The van der Waals surface area contributed by atoms with Crippen molar-refractivity contribution < 1.29 is 14.3 Å². The van der Waals surface area contributed by atoms with Gasteiger partial charge >= 0.3 is 5.97 Å². The van der Waals surface area contributed by atoms with Crippen molar-refractivity contribution in [3.63, 3.8) is 0 Å². The molecule has 0 saturated carbocycles. The maximum atomic E-state index is 11.2. The van der Waals surface area contributed by atoms with Crippen molar-refractivity contribution >= 4 is 79.9 Å². The molecular formula is C10H6BrCl5O3. The van der Waals surface area contributed by atoms with Crippen LogP contribution in [0.15, 0.2) is 0 Å². The van der Waals surface area contributed by atoms with Crippen LogP contribution in [0.25, 0.3) is 0 Å². The number of hydrogen-bond acceptors (Lipinski definition) is 3. The van der Waals surface area contributed by atoms with Gasteiger partial charge in [0, 0.05) is 0 Å². The number of carbonyl (C=O) groups is 1. The summed E-state index contributed by atoms with van der Waals surface area (Å²) in [6, 6.07) is 0. The number of methoxy groups -OCH3 is 1. The third-order valence-electron chi connectivity index (χ3n) is 2.00. The maximum Gasteiger partial charge on any atom is 0.322 e. The smallest absolute Gasteiger partial charge is 0.322 e. The quantitative estimate of drug-likeness (QED) is 0.282. The molecule has 19 heavy (non-hydrogen) atoms. The molecule has 0 aliphatic heterocycles. The molecule has 0 aliphatic rings. The lowest BCUT2D eigenvalue weighted by molar-refractivity contribution is -0.140. The lowest BCUT2D eigenvalue weighted by atomic mass is 10.3. The Balaban J connectivity index is 3.00. The first-order chi connectivity index (χ1) is 8.81. The topological polar surface area (TPSA) is 35.5 Å². The molecule has 0 saturated heterocycles. The number of ether oxygens (including phenoxy) is 2. The van der Waals surface area contributed by atoms with Crippen molar-refractivity contribution in [1.29, 1.82) is 0 Å². The Morgan fingerprint density at radius 2 is 1.47 bits per heavy atom. The standard InChI is InChI=1S/C10H6BrCl5O3/c1-18-10(17)3(11)2-19-9-7(15)5(13)4(12)6(14)8(9)16/h3H,2H2,1H3. The number of esters is 1. The van der Waals surface area contributed by atoms with Gasteiger partial charge in [-0.2, -0.15) is 0 Å². The van der Waals surface area contributed by atoms with Crippen molar-refractivity contribution in [3.8, 4) is 5.75 Å². The second kappa shape index (κ2) is 7.43. The highest BCUT2D eigenvalue weighted by Crippen LogP contribution is 2.48. The Hall–Kier alpha value is 0.420. The molecule has 0 spiro atoms. The normalized spacial score (nSPS) is 12.2. The number of alkyl halides is 1. The van der Waals surface area contributed by atoms with Crippen molar-refractivity contribution in [1.82, 2.24) is 0 Å². The first-order valence-electron chi connectivity index (χ1n) is 4.67. The molecule has 3 nitrogen and oxygen atoms in total. The summed E-state index contributed by atoms with van der Waals surface area (Å²) in [5.74, 6) is -0.450. The molecule has 0 bridgehead atoms. The molecule has 0 aliphatic carbocycles. The molecule has 0 aromatic heterocycles. The van der Waals surface area contributed by atoms with Gasteiger partial charge in [0.15, 0.2) is 5.75 Å². The first kappa shape index (κ1) is 17.5. The van der Waals surface area contributed by atoms with Gasteiger partial charge in [0.25, 0.3) is 0 Å². The molecule has 1 aromatic rings. The van der Waals surface area contributed by atoms with Crippen molar-refractivity contribution in [2.45, 2.75) is 4.83 Å². The first-order valence-corrected chi connectivity index (χ1v) is 7.47. The van der Waals surface area contributed by atoms with E-state index >= 15 is 0 Å². The van der Waals surface area contributed by atoms with E-state index in [-0.39, 0.29) is 37.5 Å². The molecule has 106 valence electrons. The number of carbonyl (C=O) groups excluding carboxylic acids is 1. The Morgan fingerprint density at radius 1 is 1.05 bits per heavy atom. The second-order valence-corrected chi connectivity index (χ2v) is 6.20.